The first-order valence-corrected chi connectivity index (χ1v) is 5.65. The second kappa shape index (κ2) is 6.32. The van der Waals surface area contributed by atoms with Gasteiger partial charge in [-0.3, -0.25) is 11.3 Å². The van der Waals surface area contributed by atoms with E-state index >= 15 is 0 Å². The van der Waals surface area contributed by atoms with E-state index in [0.717, 1.165) is 19.3 Å². The molecule has 16 heavy (non-hydrogen) atoms. The molecule has 0 heterocycles. The minimum atomic E-state index is 0.202. The minimum Gasteiger partial charge on any atom is -0.271 e. The lowest BCUT2D eigenvalue weighted by molar-refractivity contribution is 0.502. The van der Waals surface area contributed by atoms with Crippen LogP contribution in [0.4, 0.5) is 0 Å². The van der Waals surface area contributed by atoms with Gasteiger partial charge in [-0.25, -0.2) is 0 Å². The quantitative estimate of drug-likeness (QED) is 0.344. The molecule has 1 atom stereocenters. The SMILES string of the molecule is C#CCCCC(NN)c1ccc(C)c(C)c1. The Morgan fingerprint density at radius 3 is 2.69 bits per heavy atom. The number of hydrogen-bond acceptors (Lipinski definition) is 2. The van der Waals surface area contributed by atoms with E-state index in [2.05, 4.69) is 43.4 Å². The van der Waals surface area contributed by atoms with Crippen LogP contribution in [-0.4, -0.2) is 0 Å². The van der Waals surface area contributed by atoms with Crippen LogP contribution in [0.2, 0.25) is 0 Å². The molecule has 1 unspecified atom stereocenters. The number of nitrogens with two attached hydrogens (primary N) is 1. The lowest BCUT2D eigenvalue weighted by Crippen LogP contribution is -2.28. The van der Waals surface area contributed by atoms with Crippen LogP contribution in [0, 0.1) is 26.2 Å². The number of hydrazine groups is 1. The van der Waals surface area contributed by atoms with Crippen molar-refractivity contribution in [3.8, 4) is 12.3 Å². The van der Waals surface area contributed by atoms with Gasteiger partial charge in [-0.1, -0.05) is 18.2 Å². The molecule has 3 N–H and O–H groups in total. The first-order chi connectivity index (χ1) is 7.69. The fourth-order valence-electron chi connectivity index (χ4n) is 1.74. The summed E-state index contributed by atoms with van der Waals surface area (Å²) < 4.78 is 0. The lowest BCUT2D eigenvalue weighted by atomic mass is 9.98. The third-order valence-corrected chi connectivity index (χ3v) is 2.95. The number of nitrogens with one attached hydrogen (secondary N) is 1. The maximum Gasteiger partial charge on any atom is 0.0460 e. The van der Waals surface area contributed by atoms with Crippen LogP contribution >= 0.6 is 0 Å². The van der Waals surface area contributed by atoms with Gasteiger partial charge >= 0.3 is 0 Å². The summed E-state index contributed by atoms with van der Waals surface area (Å²) in [4.78, 5) is 0. The second-order valence-corrected chi connectivity index (χ2v) is 4.16. The van der Waals surface area contributed by atoms with Crippen LogP contribution < -0.4 is 11.3 Å². The molecule has 0 aliphatic carbocycles. The first-order valence-electron chi connectivity index (χ1n) is 5.65. The topological polar surface area (TPSA) is 38.0 Å². The molecule has 0 saturated carbocycles. The van der Waals surface area contributed by atoms with E-state index < -0.39 is 0 Å². The molecule has 0 fully saturated rings. The number of unbranched alkanes of at least 4 members (excludes halogenated alkanes) is 1. The number of terminal acetylenes is 1. The van der Waals surface area contributed by atoms with Crippen LogP contribution in [0.5, 0.6) is 0 Å². The van der Waals surface area contributed by atoms with Gasteiger partial charge in [0, 0.05) is 12.5 Å². The molecule has 0 aliphatic heterocycles. The van der Waals surface area contributed by atoms with Crippen molar-refractivity contribution in [2.45, 2.75) is 39.2 Å². The van der Waals surface area contributed by atoms with Crippen LogP contribution in [-0.2, 0) is 0 Å². The molecule has 2 heteroatoms. The fourth-order valence-corrected chi connectivity index (χ4v) is 1.74. The predicted molar refractivity (Wildman–Crippen MR) is 68.7 cm³/mol. The van der Waals surface area contributed by atoms with Crippen molar-refractivity contribution in [1.82, 2.24) is 5.43 Å². The van der Waals surface area contributed by atoms with Gasteiger partial charge in [0.25, 0.3) is 0 Å². The van der Waals surface area contributed by atoms with Crippen LogP contribution in [0.3, 0.4) is 0 Å². The Morgan fingerprint density at radius 2 is 2.12 bits per heavy atom. The van der Waals surface area contributed by atoms with Gasteiger partial charge in [0.15, 0.2) is 0 Å². The van der Waals surface area contributed by atoms with E-state index in [0.29, 0.717) is 0 Å². The Labute approximate surface area is 98.2 Å². The van der Waals surface area contributed by atoms with Crippen molar-refractivity contribution in [3.63, 3.8) is 0 Å². The summed E-state index contributed by atoms with van der Waals surface area (Å²) in [5.74, 6) is 8.22. The Bertz CT molecular complexity index is 377. The van der Waals surface area contributed by atoms with Crippen LogP contribution in [0.1, 0.15) is 42.0 Å². The standard InChI is InChI=1S/C14H20N2/c1-4-5-6-7-14(16-15)13-9-8-11(2)12(3)10-13/h1,8-10,14,16H,5-7,15H2,2-3H3. The summed E-state index contributed by atoms with van der Waals surface area (Å²) in [5, 5.41) is 0. The summed E-state index contributed by atoms with van der Waals surface area (Å²) in [6.45, 7) is 4.23. The molecule has 0 amide bonds. The van der Waals surface area contributed by atoms with Gasteiger partial charge in [-0.2, -0.15) is 0 Å². The molecule has 0 aliphatic rings. The Kier molecular flexibility index (Phi) is 5.04. The molecule has 0 spiro atoms. The monoisotopic (exact) mass is 216 g/mol. The third kappa shape index (κ3) is 3.37. The third-order valence-electron chi connectivity index (χ3n) is 2.95. The van der Waals surface area contributed by atoms with Gasteiger partial charge in [-0.15, -0.1) is 12.3 Å². The lowest BCUT2D eigenvalue weighted by Gasteiger charge is -2.17. The van der Waals surface area contributed by atoms with E-state index in [1.54, 1.807) is 0 Å². The highest BCUT2D eigenvalue weighted by atomic mass is 15.2. The zero-order valence-electron chi connectivity index (χ0n) is 10.1. The minimum absolute atomic E-state index is 0.202. The summed E-state index contributed by atoms with van der Waals surface area (Å²) >= 11 is 0. The van der Waals surface area contributed by atoms with Gasteiger partial charge in [-0.05, 0) is 43.4 Å². The van der Waals surface area contributed by atoms with Crippen molar-refractivity contribution in [2.24, 2.45) is 5.84 Å². The highest BCUT2D eigenvalue weighted by Crippen LogP contribution is 2.21. The van der Waals surface area contributed by atoms with Crippen molar-refractivity contribution < 1.29 is 0 Å². The molecule has 86 valence electrons. The van der Waals surface area contributed by atoms with Crippen molar-refractivity contribution in [1.29, 1.82) is 0 Å². The highest BCUT2D eigenvalue weighted by Gasteiger charge is 2.09. The van der Waals surface area contributed by atoms with Crippen LogP contribution in [0.15, 0.2) is 18.2 Å². The van der Waals surface area contributed by atoms with Crippen molar-refractivity contribution in [3.05, 3.63) is 34.9 Å². The van der Waals surface area contributed by atoms with Crippen molar-refractivity contribution >= 4 is 0 Å². The van der Waals surface area contributed by atoms with Gasteiger partial charge in [0.1, 0.15) is 0 Å². The van der Waals surface area contributed by atoms with E-state index in [1.165, 1.54) is 16.7 Å². The molecule has 1 rings (SSSR count). The normalized spacial score (nSPS) is 12.1. The molecule has 0 radical (unpaired) electrons. The van der Waals surface area contributed by atoms with E-state index in [-0.39, 0.29) is 6.04 Å². The fraction of sp³-hybridized carbons (Fsp3) is 0.429. The summed E-state index contributed by atoms with van der Waals surface area (Å²) in [6.07, 6.45) is 8.02. The number of aryl methyl sites for hydroxylation is 2. The van der Waals surface area contributed by atoms with E-state index in [1.807, 2.05) is 0 Å². The maximum absolute atomic E-state index is 5.57. The van der Waals surface area contributed by atoms with E-state index in [4.69, 9.17) is 12.3 Å². The average Bonchev–Trinajstić information content (AvgIpc) is 2.29. The zero-order chi connectivity index (χ0) is 12.0. The molecule has 2 nitrogen and oxygen atoms in total. The molecule has 0 aromatic heterocycles. The summed E-state index contributed by atoms with van der Waals surface area (Å²) in [5.41, 5.74) is 6.70. The predicted octanol–water partition coefficient (Wildman–Crippen LogP) is 2.61. The van der Waals surface area contributed by atoms with E-state index in [9.17, 15) is 0 Å². The molecule has 0 bridgehead atoms. The van der Waals surface area contributed by atoms with Crippen LogP contribution in [0.25, 0.3) is 0 Å². The number of hydrogen-bond donors (Lipinski definition) is 2. The van der Waals surface area contributed by atoms with Gasteiger partial charge in [0.05, 0.1) is 0 Å². The average molecular weight is 216 g/mol. The summed E-state index contributed by atoms with van der Waals surface area (Å²) in [7, 11) is 0. The molecular formula is C14H20N2. The van der Waals surface area contributed by atoms with Gasteiger partial charge < -0.3 is 0 Å². The Hall–Kier alpha value is -1.30. The number of rotatable bonds is 5. The van der Waals surface area contributed by atoms with Gasteiger partial charge in [0.2, 0.25) is 0 Å². The molecular weight excluding hydrogens is 196 g/mol. The molecule has 1 aromatic rings. The molecule has 0 saturated heterocycles. The smallest absolute Gasteiger partial charge is 0.0460 e. The Morgan fingerprint density at radius 1 is 1.38 bits per heavy atom. The summed E-state index contributed by atoms with van der Waals surface area (Å²) in [6, 6.07) is 6.65. The largest absolute Gasteiger partial charge is 0.271 e. The zero-order valence-corrected chi connectivity index (χ0v) is 10.1. The first kappa shape index (κ1) is 12.8. The highest BCUT2D eigenvalue weighted by molar-refractivity contribution is 5.31. The van der Waals surface area contributed by atoms with Crippen molar-refractivity contribution in [2.75, 3.05) is 0 Å². The Balaban J connectivity index is 2.71. The molecule has 1 aromatic carbocycles. The number of benzene rings is 1. The second-order valence-electron chi connectivity index (χ2n) is 4.16. The maximum atomic E-state index is 5.57.